The molecule has 5 nitrogen and oxygen atoms in total. The second-order valence-electron chi connectivity index (χ2n) is 6.30. The number of nitrogens with one attached hydrogen (secondary N) is 1. The van der Waals surface area contributed by atoms with E-state index in [-0.39, 0.29) is 16.7 Å². The standard InChI is InChI=1S/C16H22N2O3S/c1-12-10-15(12)16(19)17-13-6-5-7-14(11-13)22(20,21)18-8-3-2-4-9-18/h5-7,11-12,15H,2-4,8-10H2,1H3,(H,17,19)/t12-,15+/m1/s1. The fraction of sp³-hybridized carbons (Fsp3) is 0.562. The molecule has 1 aromatic rings. The van der Waals surface area contributed by atoms with Gasteiger partial charge in [-0.25, -0.2) is 8.42 Å². The van der Waals surface area contributed by atoms with E-state index >= 15 is 0 Å². The number of amides is 1. The van der Waals surface area contributed by atoms with Crippen LogP contribution in [0.25, 0.3) is 0 Å². The van der Waals surface area contributed by atoms with Gasteiger partial charge in [-0.1, -0.05) is 19.4 Å². The van der Waals surface area contributed by atoms with Gasteiger partial charge in [-0.2, -0.15) is 4.31 Å². The predicted molar refractivity (Wildman–Crippen MR) is 85.0 cm³/mol. The third-order valence-corrected chi connectivity index (χ3v) is 6.40. The van der Waals surface area contributed by atoms with Crippen LogP contribution in [0.4, 0.5) is 5.69 Å². The summed E-state index contributed by atoms with van der Waals surface area (Å²) in [5.41, 5.74) is 0.558. The highest BCUT2D eigenvalue weighted by molar-refractivity contribution is 7.89. The number of sulfonamides is 1. The topological polar surface area (TPSA) is 66.5 Å². The van der Waals surface area contributed by atoms with E-state index in [4.69, 9.17) is 0 Å². The first-order chi connectivity index (χ1) is 10.5. The molecule has 1 aliphatic heterocycles. The van der Waals surface area contributed by atoms with E-state index in [1.807, 2.05) is 6.92 Å². The van der Waals surface area contributed by atoms with Gasteiger partial charge in [0, 0.05) is 24.7 Å². The molecule has 1 saturated carbocycles. The summed E-state index contributed by atoms with van der Waals surface area (Å²) in [6, 6.07) is 6.58. The first-order valence-corrected chi connectivity index (χ1v) is 9.33. The molecular weight excluding hydrogens is 300 g/mol. The van der Waals surface area contributed by atoms with Crippen LogP contribution in [0.3, 0.4) is 0 Å². The zero-order valence-electron chi connectivity index (χ0n) is 12.8. The lowest BCUT2D eigenvalue weighted by molar-refractivity contribution is -0.117. The molecule has 2 atom stereocenters. The van der Waals surface area contributed by atoms with E-state index in [1.54, 1.807) is 28.6 Å². The molecule has 2 aliphatic rings. The maximum absolute atomic E-state index is 12.6. The van der Waals surface area contributed by atoms with Crippen molar-refractivity contribution in [1.29, 1.82) is 0 Å². The van der Waals surface area contributed by atoms with Crippen molar-refractivity contribution in [1.82, 2.24) is 4.31 Å². The van der Waals surface area contributed by atoms with Gasteiger partial charge in [-0.3, -0.25) is 4.79 Å². The van der Waals surface area contributed by atoms with E-state index in [1.165, 1.54) is 0 Å². The molecule has 1 aromatic carbocycles. The minimum absolute atomic E-state index is 0.0139. The summed E-state index contributed by atoms with van der Waals surface area (Å²) < 4.78 is 26.8. The fourth-order valence-electron chi connectivity index (χ4n) is 2.91. The van der Waals surface area contributed by atoms with Crippen LogP contribution < -0.4 is 5.32 Å². The molecule has 120 valence electrons. The number of piperidine rings is 1. The number of carbonyl (C=O) groups is 1. The zero-order chi connectivity index (χ0) is 15.7. The molecule has 1 N–H and O–H groups in total. The van der Waals surface area contributed by atoms with Gasteiger partial charge in [-0.15, -0.1) is 0 Å². The summed E-state index contributed by atoms with van der Waals surface area (Å²) in [6.45, 7) is 3.21. The summed E-state index contributed by atoms with van der Waals surface area (Å²) in [4.78, 5) is 12.2. The Labute approximate surface area is 131 Å². The first kappa shape index (κ1) is 15.5. The van der Waals surface area contributed by atoms with Crippen molar-refractivity contribution in [2.24, 2.45) is 11.8 Å². The number of hydrogen-bond acceptors (Lipinski definition) is 3. The maximum Gasteiger partial charge on any atom is 0.243 e. The van der Waals surface area contributed by atoms with Gasteiger partial charge in [0.1, 0.15) is 0 Å². The minimum atomic E-state index is -3.45. The van der Waals surface area contributed by atoms with Crippen molar-refractivity contribution in [2.45, 2.75) is 37.5 Å². The van der Waals surface area contributed by atoms with Crippen molar-refractivity contribution >= 4 is 21.6 Å². The van der Waals surface area contributed by atoms with Crippen molar-refractivity contribution in [3.8, 4) is 0 Å². The molecule has 1 saturated heterocycles. The molecule has 0 aromatic heterocycles. The van der Waals surface area contributed by atoms with Crippen LogP contribution in [0.1, 0.15) is 32.6 Å². The Kier molecular flexibility index (Phi) is 4.23. The quantitative estimate of drug-likeness (QED) is 0.926. The summed E-state index contributed by atoms with van der Waals surface area (Å²) >= 11 is 0. The van der Waals surface area contributed by atoms with E-state index in [0.717, 1.165) is 25.7 Å². The summed E-state index contributed by atoms with van der Waals surface area (Å²) in [5.74, 6) is 0.489. The summed E-state index contributed by atoms with van der Waals surface area (Å²) in [5, 5.41) is 2.83. The predicted octanol–water partition coefficient (Wildman–Crippen LogP) is 2.46. The Morgan fingerprint density at radius 2 is 1.91 bits per heavy atom. The number of rotatable bonds is 4. The summed E-state index contributed by atoms with van der Waals surface area (Å²) in [7, 11) is -3.45. The van der Waals surface area contributed by atoms with E-state index < -0.39 is 10.0 Å². The Hall–Kier alpha value is -1.40. The molecule has 3 rings (SSSR count). The van der Waals surface area contributed by atoms with E-state index in [2.05, 4.69) is 5.32 Å². The van der Waals surface area contributed by atoms with E-state index in [9.17, 15) is 13.2 Å². The zero-order valence-corrected chi connectivity index (χ0v) is 13.6. The Balaban J connectivity index is 1.76. The lowest BCUT2D eigenvalue weighted by Crippen LogP contribution is -2.35. The number of benzene rings is 1. The number of carbonyl (C=O) groups excluding carboxylic acids is 1. The molecular formula is C16H22N2O3S. The monoisotopic (exact) mass is 322 g/mol. The molecule has 0 unspecified atom stereocenters. The van der Waals surface area contributed by atoms with Gasteiger partial charge in [0.25, 0.3) is 0 Å². The minimum Gasteiger partial charge on any atom is -0.326 e. The average Bonchev–Trinajstić information content (AvgIpc) is 3.25. The van der Waals surface area contributed by atoms with Crippen molar-refractivity contribution < 1.29 is 13.2 Å². The summed E-state index contributed by atoms with van der Waals surface area (Å²) in [6.07, 6.45) is 3.82. The lowest BCUT2D eigenvalue weighted by atomic mass is 10.2. The van der Waals surface area contributed by atoms with Gasteiger partial charge in [-0.05, 0) is 43.4 Å². The molecule has 0 bridgehead atoms. The largest absolute Gasteiger partial charge is 0.326 e. The highest BCUT2D eigenvalue weighted by Crippen LogP contribution is 2.38. The lowest BCUT2D eigenvalue weighted by Gasteiger charge is -2.26. The van der Waals surface area contributed by atoms with Gasteiger partial charge in [0.15, 0.2) is 0 Å². The van der Waals surface area contributed by atoms with Crippen LogP contribution in [-0.2, 0) is 14.8 Å². The number of anilines is 1. The smallest absolute Gasteiger partial charge is 0.243 e. The second kappa shape index (κ2) is 6.01. The van der Waals surface area contributed by atoms with Crippen molar-refractivity contribution in [3.05, 3.63) is 24.3 Å². The van der Waals surface area contributed by atoms with Crippen LogP contribution in [0.5, 0.6) is 0 Å². The molecule has 1 amide bonds. The molecule has 0 spiro atoms. The average molecular weight is 322 g/mol. The van der Waals surface area contributed by atoms with Gasteiger partial charge in [0.05, 0.1) is 4.90 Å². The highest BCUT2D eigenvalue weighted by Gasteiger charge is 2.39. The Bertz CT molecular complexity index is 666. The van der Waals surface area contributed by atoms with E-state index in [0.29, 0.717) is 24.7 Å². The van der Waals surface area contributed by atoms with Crippen LogP contribution in [-0.4, -0.2) is 31.7 Å². The normalized spacial score (nSPS) is 25.7. The third-order valence-electron chi connectivity index (χ3n) is 4.50. The van der Waals surface area contributed by atoms with Crippen LogP contribution >= 0.6 is 0 Å². The highest BCUT2D eigenvalue weighted by atomic mass is 32.2. The Morgan fingerprint density at radius 1 is 1.23 bits per heavy atom. The molecule has 6 heteroatoms. The molecule has 1 heterocycles. The van der Waals surface area contributed by atoms with Crippen LogP contribution in [0.15, 0.2) is 29.2 Å². The first-order valence-electron chi connectivity index (χ1n) is 7.89. The Morgan fingerprint density at radius 3 is 2.55 bits per heavy atom. The second-order valence-corrected chi connectivity index (χ2v) is 8.24. The van der Waals surface area contributed by atoms with Crippen LogP contribution in [0.2, 0.25) is 0 Å². The van der Waals surface area contributed by atoms with Gasteiger partial charge >= 0.3 is 0 Å². The fourth-order valence-corrected chi connectivity index (χ4v) is 4.47. The van der Waals surface area contributed by atoms with Crippen molar-refractivity contribution in [3.63, 3.8) is 0 Å². The van der Waals surface area contributed by atoms with Gasteiger partial charge < -0.3 is 5.32 Å². The van der Waals surface area contributed by atoms with Crippen LogP contribution in [0, 0.1) is 11.8 Å². The maximum atomic E-state index is 12.6. The third kappa shape index (κ3) is 3.17. The molecule has 0 radical (unpaired) electrons. The SMILES string of the molecule is C[C@@H]1C[C@@H]1C(=O)Nc1cccc(S(=O)(=O)N2CCCCC2)c1. The molecule has 1 aliphatic carbocycles. The molecule has 2 fully saturated rings. The van der Waals surface area contributed by atoms with Crippen molar-refractivity contribution in [2.75, 3.05) is 18.4 Å². The number of nitrogens with zero attached hydrogens (tertiary/aromatic N) is 1. The van der Waals surface area contributed by atoms with Gasteiger partial charge in [0.2, 0.25) is 15.9 Å². The molecule has 22 heavy (non-hydrogen) atoms. The number of hydrogen-bond donors (Lipinski definition) is 1.